The first-order chi connectivity index (χ1) is 9.66. The normalized spacial score (nSPS) is 20.6. The average Bonchev–Trinajstić information content (AvgIpc) is 2.65. The van der Waals surface area contributed by atoms with Gasteiger partial charge in [0.2, 0.25) is 11.8 Å². The molecule has 1 aromatic rings. The van der Waals surface area contributed by atoms with Crippen molar-refractivity contribution in [2.24, 2.45) is 5.73 Å². The van der Waals surface area contributed by atoms with Crippen LogP contribution in [0.25, 0.3) is 0 Å². The molecule has 1 aliphatic rings. The summed E-state index contributed by atoms with van der Waals surface area (Å²) in [6.45, 7) is 0.682. The largest absolute Gasteiger partial charge is 0.354 e. The lowest BCUT2D eigenvalue weighted by Crippen LogP contribution is -2.51. The van der Waals surface area contributed by atoms with Gasteiger partial charge in [-0.15, -0.1) is 0 Å². The van der Waals surface area contributed by atoms with Crippen LogP contribution in [0.2, 0.25) is 0 Å². The maximum absolute atomic E-state index is 12.1. The summed E-state index contributed by atoms with van der Waals surface area (Å²) in [6, 6.07) is 8.54. The van der Waals surface area contributed by atoms with Crippen LogP contribution in [0.15, 0.2) is 30.3 Å². The molecule has 0 aromatic heterocycles. The van der Waals surface area contributed by atoms with Crippen molar-refractivity contribution in [2.75, 3.05) is 6.54 Å². The van der Waals surface area contributed by atoms with Crippen molar-refractivity contribution in [3.05, 3.63) is 35.9 Å². The van der Waals surface area contributed by atoms with Crippen LogP contribution in [0, 0.1) is 0 Å². The first-order valence-corrected chi connectivity index (χ1v) is 7.04. The van der Waals surface area contributed by atoms with E-state index >= 15 is 0 Å². The van der Waals surface area contributed by atoms with E-state index in [2.05, 4.69) is 10.6 Å². The number of nitrogens with one attached hydrogen (secondary N) is 2. The van der Waals surface area contributed by atoms with Crippen LogP contribution in [-0.2, 0) is 16.0 Å². The highest BCUT2D eigenvalue weighted by molar-refractivity contribution is 5.89. The van der Waals surface area contributed by atoms with E-state index in [0.29, 0.717) is 19.4 Å². The highest BCUT2D eigenvalue weighted by atomic mass is 16.2. The van der Waals surface area contributed by atoms with E-state index in [4.69, 9.17) is 5.73 Å². The van der Waals surface area contributed by atoms with Crippen molar-refractivity contribution in [1.29, 1.82) is 0 Å². The Morgan fingerprint density at radius 2 is 2.10 bits per heavy atom. The van der Waals surface area contributed by atoms with Gasteiger partial charge in [-0.1, -0.05) is 30.3 Å². The van der Waals surface area contributed by atoms with Gasteiger partial charge in [-0.25, -0.2) is 0 Å². The first kappa shape index (κ1) is 14.5. The zero-order chi connectivity index (χ0) is 14.4. The first-order valence-electron chi connectivity index (χ1n) is 7.04. The molecule has 0 saturated carbocycles. The molecule has 108 valence electrons. The molecule has 0 radical (unpaired) electrons. The third-order valence-corrected chi connectivity index (χ3v) is 3.49. The maximum Gasteiger partial charge on any atom is 0.242 e. The van der Waals surface area contributed by atoms with Gasteiger partial charge in [0.05, 0.1) is 6.04 Å². The predicted molar refractivity (Wildman–Crippen MR) is 76.9 cm³/mol. The van der Waals surface area contributed by atoms with Crippen molar-refractivity contribution in [3.8, 4) is 0 Å². The Bertz CT molecular complexity index is 461. The monoisotopic (exact) mass is 275 g/mol. The van der Waals surface area contributed by atoms with Crippen LogP contribution >= 0.6 is 0 Å². The summed E-state index contributed by atoms with van der Waals surface area (Å²) >= 11 is 0. The Balaban J connectivity index is 1.88. The smallest absolute Gasteiger partial charge is 0.242 e. The zero-order valence-electron chi connectivity index (χ0n) is 11.5. The molecule has 2 amide bonds. The molecule has 4 N–H and O–H groups in total. The fourth-order valence-electron chi connectivity index (χ4n) is 2.32. The van der Waals surface area contributed by atoms with Gasteiger partial charge < -0.3 is 16.4 Å². The second-order valence-corrected chi connectivity index (χ2v) is 5.14. The average molecular weight is 275 g/mol. The van der Waals surface area contributed by atoms with Crippen LogP contribution in [0.3, 0.4) is 0 Å². The summed E-state index contributed by atoms with van der Waals surface area (Å²) in [7, 11) is 0. The number of amides is 2. The van der Waals surface area contributed by atoms with Crippen LogP contribution in [-0.4, -0.2) is 30.4 Å². The molecule has 0 aliphatic carbocycles. The predicted octanol–water partition coefficient (Wildman–Crippen LogP) is 0.341. The standard InChI is InChI=1S/C15H21N3O2/c16-12(10-11-6-2-1-3-7-11)14(19)18-13-8-4-5-9-17-15(13)20/h1-3,6-7,12-13H,4-5,8-10,16H2,(H,17,20)(H,18,19)/t12-,13?/m1/s1. The van der Waals surface area contributed by atoms with E-state index in [1.807, 2.05) is 30.3 Å². The van der Waals surface area contributed by atoms with Gasteiger partial charge in [-0.3, -0.25) is 9.59 Å². The summed E-state index contributed by atoms with van der Waals surface area (Å²) in [4.78, 5) is 23.8. The second kappa shape index (κ2) is 7.05. The molecule has 2 atom stereocenters. The molecule has 1 fully saturated rings. The molecule has 0 spiro atoms. The van der Waals surface area contributed by atoms with Crippen LogP contribution in [0.5, 0.6) is 0 Å². The van der Waals surface area contributed by atoms with Crippen molar-refractivity contribution in [3.63, 3.8) is 0 Å². The lowest BCUT2D eigenvalue weighted by Gasteiger charge is -2.18. The number of carbonyl (C=O) groups is 2. The highest BCUT2D eigenvalue weighted by Crippen LogP contribution is 2.07. The van der Waals surface area contributed by atoms with Gasteiger partial charge in [0.1, 0.15) is 6.04 Å². The number of hydrogen-bond donors (Lipinski definition) is 3. The number of carbonyl (C=O) groups excluding carboxylic acids is 2. The highest BCUT2D eigenvalue weighted by Gasteiger charge is 2.24. The zero-order valence-corrected chi connectivity index (χ0v) is 11.5. The molecule has 1 saturated heterocycles. The lowest BCUT2D eigenvalue weighted by atomic mass is 10.0. The van der Waals surface area contributed by atoms with Crippen molar-refractivity contribution >= 4 is 11.8 Å². The molecule has 1 aliphatic heterocycles. The molecule has 1 aromatic carbocycles. The Hall–Kier alpha value is -1.88. The van der Waals surface area contributed by atoms with Crippen molar-refractivity contribution < 1.29 is 9.59 Å². The number of hydrogen-bond acceptors (Lipinski definition) is 3. The van der Waals surface area contributed by atoms with E-state index in [9.17, 15) is 9.59 Å². The summed E-state index contributed by atoms with van der Waals surface area (Å²) < 4.78 is 0. The van der Waals surface area contributed by atoms with Crippen LogP contribution < -0.4 is 16.4 Å². The Morgan fingerprint density at radius 1 is 1.35 bits per heavy atom. The number of rotatable bonds is 4. The minimum absolute atomic E-state index is 0.109. The molecular weight excluding hydrogens is 254 g/mol. The fraction of sp³-hybridized carbons (Fsp3) is 0.467. The summed E-state index contributed by atoms with van der Waals surface area (Å²) in [5, 5.41) is 5.55. The van der Waals surface area contributed by atoms with Crippen molar-refractivity contribution in [1.82, 2.24) is 10.6 Å². The summed E-state index contributed by atoms with van der Waals surface area (Å²) in [5.41, 5.74) is 6.92. The molecule has 1 heterocycles. The number of nitrogens with two attached hydrogens (primary N) is 1. The molecule has 2 rings (SSSR count). The molecule has 20 heavy (non-hydrogen) atoms. The topological polar surface area (TPSA) is 84.2 Å². The molecule has 0 bridgehead atoms. The molecule has 5 nitrogen and oxygen atoms in total. The summed E-state index contributed by atoms with van der Waals surface area (Å²) in [5.74, 6) is -0.376. The fourth-order valence-corrected chi connectivity index (χ4v) is 2.32. The van der Waals surface area contributed by atoms with Gasteiger partial charge in [0.25, 0.3) is 0 Å². The van der Waals surface area contributed by atoms with E-state index in [-0.39, 0.29) is 11.8 Å². The van der Waals surface area contributed by atoms with E-state index in [1.54, 1.807) is 0 Å². The quantitative estimate of drug-likeness (QED) is 0.741. The Morgan fingerprint density at radius 3 is 2.85 bits per heavy atom. The van der Waals surface area contributed by atoms with Gasteiger partial charge in [0.15, 0.2) is 0 Å². The Labute approximate surface area is 118 Å². The third-order valence-electron chi connectivity index (χ3n) is 3.49. The van der Waals surface area contributed by atoms with Gasteiger partial charge in [0, 0.05) is 6.54 Å². The van der Waals surface area contributed by atoms with Gasteiger partial charge in [-0.05, 0) is 31.2 Å². The second-order valence-electron chi connectivity index (χ2n) is 5.14. The third kappa shape index (κ3) is 4.06. The maximum atomic E-state index is 12.1. The number of benzene rings is 1. The SMILES string of the molecule is N[C@H](Cc1ccccc1)C(=O)NC1CCCCNC1=O. The van der Waals surface area contributed by atoms with Crippen LogP contribution in [0.1, 0.15) is 24.8 Å². The lowest BCUT2D eigenvalue weighted by molar-refractivity contribution is -0.129. The van der Waals surface area contributed by atoms with Gasteiger partial charge in [-0.2, -0.15) is 0 Å². The Kier molecular flexibility index (Phi) is 5.12. The minimum atomic E-state index is -0.631. The van der Waals surface area contributed by atoms with E-state index < -0.39 is 12.1 Å². The van der Waals surface area contributed by atoms with E-state index in [0.717, 1.165) is 18.4 Å². The molecular formula is C15H21N3O2. The minimum Gasteiger partial charge on any atom is -0.354 e. The van der Waals surface area contributed by atoms with Crippen molar-refractivity contribution in [2.45, 2.75) is 37.8 Å². The molecule has 1 unspecified atom stereocenters. The molecule has 5 heteroatoms. The summed E-state index contributed by atoms with van der Waals surface area (Å²) in [6.07, 6.45) is 3.03. The van der Waals surface area contributed by atoms with Crippen LogP contribution in [0.4, 0.5) is 0 Å². The van der Waals surface area contributed by atoms with E-state index in [1.165, 1.54) is 0 Å². The van der Waals surface area contributed by atoms with Gasteiger partial charge >= 0.3 is 0 Å².